The molecule has 3 rings (SSSR count). The molecule has 2 aromatic carbocycles. The number of hydrogen-bond donors (Lipinski definition) is 4. The standard InChI is InChI=1S/C33H48FN5O6/c1-21(2)35-32(42)36-27-14-15-29-28(17-27)31(41)39(23(4)20-40)18-22(3)30(44-16-8-7-9-24(5)45-29)19-38(6)33(43)37-26-12-10-25(34)11-13-26/h10-15,17,21-24,30,40H,7-9,16,18-20H2,1-6H3,(H,37,43)(H2,35,36,42)/t22-,23+,24-,30-/m0/s1. The van der Waals surface area contributed by atoms with Crippen LogP contribution in [-0.2, 0) is 4.74 Å². The predicted octanol–water partition coefficient (Wildman–Crippen LogP) is 5.32. The van der Waals surface area contributed by atoms with Crippen molar-refractivity contribution in [3.05, 3.63) is 53.8 Å². The van der Waals surface area contributed by atoms with Gasteiger partial charge in [0.15, 0.2) is 0 Å². The third-order valence-electron chi connectivity index (χ3n) is 7.63. The number of nitrogens with one attached hydrogen (secondary N) is 3. The molecule has 12 heteroatoms. The summed E-state index contributed by atoms with van der Waals surface area (Å²) in [5, 5.41) is 18.5. The largest absolute Gasteiger partial charge is 0.490 e. The van der Waals surface area contributed by atoms with Crippen molar-refractivity contribution in [3.8, 4) is 5.75 Å². The first kappa shape index (κ1) is 35.6. The number of halogens is 1. The average Bonchev–Trinajstić information content (AvgIpc) is 2.99. The number of carbonyl (C=O) groups is 3. The van der Waals surface area contributed by atoms with Crippen LogP contribution in [0.1, 0.15) is 64.2 Å². The fourth-order valence-electron chi connectivity index (χ4n) is 5.00. The second-order valence-corrected chi connectivity index (χ2v) is 12.1. The van der Waals surface area contributed by atoms with Crippen LogP contribution in [0.5, 0.6) is 5.75 Å². The van der Waals surface area contributed by atoms with E-state index in [4.69, 9.17) is 9.47 Å². The second kappa shape index (κ2) is 17.0. The van der Waals surface area contributed by atoms with E-state index < -0.39 is 24.0 Å². The molecule has 2 aromatic rings. The molecule has 0 aromatic heterocycles. The molecular formula is C33H48FN5O6. The molecule has 1 heterocycles. The monoisotopic (exact) mass is 629 g/mol. The Morgan fingerprint density at radius 1 is 1.07 bits per heavy atom. The third-order valence-corrected chi connectivity index (χ3v) is 7.63. The number of ether oxygens (including phenoxy) is 2. The van der Waals surface area contributed by atoms with Crippen molar-refractivity contribution >= 4 is 29.3 Å². The van der Waals surface area contributed by atoms with Crippen LogP contribution in [0.4, 0.5) is 25.4 Å². The summed E-state index contributed by atoms with van der Waals surface area (Å²) in [4.78, 5) is 42.7. The number of amides is 5. The molecule has 0 spiro atoms. The number of urea groups is 2. The van der Waals surface area contributed by atoms with Gasteiger partial charge < -0.3 is 40.3 Å². The van der Waals surface area contributed by atoms with Gasteiger partial charge in [-0.2, -0.15) is 0 Å². The van der Waals surface area contributed by atoms with Gasteiger partial charge >= 0.3 is 12.1 Å². The van der Waals surface area contributed by atoms with Crippen LogP contribution in [0.2, 0.25) is 0 Å². The number of aliphatic hydroxyl groups excluding tert-OH is 1. The minimum absolute atomic E-state index is 0.0707. The third kappa shape index (κ3) is 10.9. The van der Waals surface area contributed by atoms with Gasteiger partial charge in [0.05, 0.1) is 30.4 Å². The Morgan fingerprint density at radius 3 is 2.42 bits per heavy atom. The van der Waals surface area contributed by atoms with E-state index in [0.717, 1.165) is 19.3 Å². The summed E-state index contributed by atoms with van der Waals surface area (Å²) in [7, 11) is 1.65. The number of likely N-dealkylation sites (N-methyl/N-ethyl adjacent to an activating group) is 1. The topological polar surface area (TPSA) is 132 Å². The Bertz CT molecular complexity index is 1280. The Morgan fingerprint density at radius 2 is 1.76 bits per heavy atom. The number of aliphatic hydroxyl groups is 1. The maximum atomic E-state index is 14.2. The molecular weight excluding hydrogens is 581 g/mol. The van der Waals surface area contributed by atoms with Crippen molar-refractivity contribution in [2.24, 2.45) is 5.92 Å². The Hall–Kier alpha value is -3.90. The zero-order valence-corrected chi connectivity index (χ0v) is 27.1. The molecule has 0 bridgehead atoms. The van der Waals surface area contributed by atoms with Gasteiger partial charge in [0, 0.05) is 50.1 Å². The van der Waals surface area contributed by atoms with Crippen molar-refractivity contribution in [2.45, 2.75) is 78.2 Å². The lowest BCUT2D eigenvalue weighted by molar-refractivity contribution is -0.0115. The molecule has 0 fully saturated rings. The summed E-state index contributed by atoms with van der Waals surface area (Å²) in [5.41, 5.74) is 1.16. The van der Waals surface area contributed by atoms with Crippen molar-refractivity contribution in [1.29, 1.82) is 0 Å². The van der Waals surface area contributed by atoms with Gasteiger partial charge in [0.25, 0.3) is 5.91 Å². The molecule has 11 nitrogen and oxygen atoms in total. The lowest BCUT2D eigenvalue weighted by Gasteiger charge is -2.35. The average molecular weight is 630 g/mol. The minimum Gasteiger partial charge on any atom is -0.490 e. The number of rotatable bonds is 7. The summed E-state index contributed by atoms with van der Waals surface area (Å²) in [6.45, 7) is 9.99. The first-order valence-electron chi connectivity index (χ1n) is 15.6. The Kier molecular flexibility index (Phi) is 13.4. The summed E-state index contributed by atoms with van der Waals surface area (Å²) >= 11 is 0. The fourth-order valence-corrected chi connectivity index (χ4v) is 5.00. The van der Waals surface area contributed by atoms with Gasteiger partial charge in [0.1, 0.15) is 11.6 Å². The van der Waals surface area contributed by atoms with Gasteiger partial charge in [0.2, 0.25) is 0 Å². The molecule has 1 aliphatic heterocycles. The van der Waals surface area contributed by atoms with Crippen molar-refractivity contribution < 1.29 is 33.4 Å². The molecule has 0 saturated heterocycles. The van der Waals surface area contributed by atoms with Crippen LogP contribution < -0.4 is 20.7 Å². The quantitative estimate of drug-likeness (QED) is 0.328. The summed E-state index contributed by atoms with van der Waals surface area (Å²) in [6, 6.07) is 9.12. The van der Waals surface area contributed by atoms with Crippen LogP contribution in [0.15, 0.2) is 42.5 Å². The van der Waals surface area contributed by atoms with Gasteiger partial charge in [-0.05, 0) is 89.4 Å². The highest BCUT2D eigenvalue weighted by Gasteiger charge is 2.31. The van der Waals surface area contributed by atoms with Crippen LogP contribution in [-0.4, -0.2) is 90.5 Å². The molecule has 0 saturated carbocycles. The molecule has 4 atom stereocenters. The number of benzene rings is 2. The lowest BCUT2D eigenvalue weighted by atomic mass is 10.0. The van der Waals surface area contributed by atoms with Crippen LogP contribution in [0.3, 0.4) is 0 Å². The van der Waals surface area contributed by atoms with Crippen LogP contribution in [0, 0.1) is 11.7 Å². The number of hydrogen-bond acceptors (Lipinski definition) is 6. The van der Waals surface area contributed by atoms with E-state index in [0.29, 0.717) is 23.7 Å². The highest BCUT2D eigenvalue weighted by molar-refractivity contribution is 5.99. The summed E-state index contributed by atoms with van der Waals surface area (Å²) in [6.07, 6.45) is 1.71. The zero-order valence-electron chi connectivity index (χ0n) is 27.1. The van der Waals surface area contributed by atoms with Gasteiger partial charge in [-0.3, -0.25) is 4.79 Å². The van der Waals surface area contributed by atoms with Crippen molar-refractivity contribution in [1.82, 2.24) is 15.1 Å². The van der Waals surface area contributed by atoms with E-state index in [-0.39, 0.29) is 55.3 Å². The predicted molar refractivity (Wildman–Crippen MR) is 172 cm³/mol. The highest BCUT2D eigenvalue weighted by atomic mass is 19.1. The summed E-state index contributed by atoms with van der Waals surface area (Å²) in [5.74, 6) is -0.607. The van der Waals surface area contributed by atoms with E-state index >= 15 is 0 Å². The van der Waals surface area contributed by atoms with E-state index in [1.165, 1.54) is 29.2 Å². The zero-order chi connectivity index (χ0) is 33.1. The van der Waals surface area contributed by atoms with Crippen molar-refractivity contribution in [3.63, 3.8) is 0 Å². The Balaban J connectivity index is 1.88. The van der Waals surface area contributed by atoms with E-state index in [1.807, 2.05) is 27.7 Å². The first-order valence-corrected chi connectivity index (χ1v) is 15.6. The Labute approximate surface area is 265 Å². The molecule has 0 aliphatic carbocycles. The van der Waals surface area contributed by atoms with Crippen molar-refractivity contribution in [2.75, 3.05) is 44.0 Å². The molecule has 248 valence electrons. The first-order chi connectivity index (χ1) is 21.4. The van der Waals surface area contributed by atoms with Gasteiger partial charge in [-0.25, -0.2) is 14.0 Å². The number of nitrogens with zero attached hydrogens (tertiary/aromatic N) is 2. The second-order valence-electron chi connectivity index (χ2n) is 12.1. The maximum absolute atomic E-state index is 14.2. The maximum Gasteiger partial charge on any atom is 0.321 e. The molecule has 1 aliphatic rings. The molecule has 0 radical (unpaired) electrons. The van der Waals surface area contributed by atoms with E-state index in [2.05, 4.69) is 16.0 Å². The van der Waals surface area contributed by atoms with Crippen LogP contribution in [0.25, 0.3) is 0 Å². The molecule has 4 N–H and O–H groups in total. The normalized spacial score (nSPS) is 20.3. The minimum atomic E-state index is -0.542. The molecule has 45 heavy (non-hydrogen) atoms. The molecule has 0 unspecified atom stereocenters. The number of carbonyl (C=O) groups excluding carboxylic acids is 3. The van der Waals surface area contributed by atoms with Gasteiger partial charge in [-0.15, -0.1) is 0 Å². The smallest absolute Gasteiger partial charge is 0.321 e. The number of anilines is 2. The fraction of sp³-hybridized carbons (Fsp3) is 0.545. The van der Waals surface area contributed by atoms with E-state index in [1.54, 1.807) is 37.1 Å². The van der Waals surface area contributed by atoms with Gasteiger partial charge in [-0.1, -0.05) is 6.92 Å². The number of fused-ring (bicyclic) bond motifs is 1. The van der Waals surface area contributed by atoms with E-state index in [9.17, 15) is 23.9 Å². The van der Waals surface area contributed by atoms with Crippen LogP contribution >= 0.6 is 0 Å². The molecule has 5 amide bonds. The highest BCUT2D eigenvalue weighted by Crippen LogP contribution is 2.28. The SMILES string of the molecule is CC(C)NC(=O)Nc1ccc2c(c1)C(=O)N([C@H](C)CO)C[C@H](C)[C@H](CN(C)C(=O)Nc1ccc(F)cc1)OCCCC[C@H](C)O2. The lowest BCUT2D eigenvalue weighted by Crippen LogP contribution is -2.48. The summed E-state index contributed by atoms with van der Waals surface area (Å²) < 4.78 is 25.9.